The van der Waals surface area contributed by atoms with Crippen LogP contribution >= 0.6 is 0 Å². The molecule has 4 rings (SSSR count). The van der Waals surface area contributed by atoms with Crippen LogP contribution in [0.4, 0.5) is 11.4 Å². The first-order valence-electron chi connectivity index (χ1n) is 12.7. The van der Waals surface area contributed by atoms with Gasteiger partial charge in [-0.05, 0) is 38.1 Å². The Morgan fingerprint density at radius 3 is 1.03 bits per heavy atom. The van der Waals surface area contributed by atoms with Gasteiger partial charge in [-0.15, -0.1) is 0 Å². The zero-order valence-electron chi connectivity index (χ0n) is 23.7. The highest BCUT2D eigenvalue weighted by molar-refractivity contribution is 7.79. The van der Waals surface area contributed by atoms with E-state index in [9.17, 15) is 0 Å². The van der Waals surface area contributed by atoms with Crippen LogP contribution < -0.4 is 8.97 Å². The van der Waals surface area contributed by atoms with Crippen LogP contribution in [0.1, 0.15) is 22.3 Å². The van der Waals surface area contributed by atoms with Crippen LogP contribution in [0, 0.1) is 13.8 Å². The minimum Gasteiger partial charge on any atom is -0.759 e. The molecular weight excluding hydrogens is 508 g/mol. The molecule has 0 unspecified atom stereocenters. The third kappa shape index (κ3) is 12.4. The largest absolute Gasteiger partial charge is 0.759 e. The van der Waals surface area contributed by atoms with Crippen LogP contribution in [0.2, 0.25) is 0 Å². The molecule has 0 spiro atoms. The van der Waals surface area contributed by atoms with Crippen molar-refractivity contribution in [1.82, 2.24) is 8.97 Å². The molecule has 0 radical (unpaired) electrons. The van der Waals surface area contributed by atoms with E-state index < -0.39 is 10.4 Å². The summed E-state index contributed by atoms with van der Waals surface area (Å²) in [5.74, 6) is 0. The average molecular weight is 549 g/mol. The zero-order valence-corrected chi connectivity index (χ0v) is 24.6. The first-order valence-corrected chi connectivity index (χ1v) is 14.0. The Balaban J connectivity index is 0.000000234. The van der Waals surface area contributed by atoms with Gasteiger partial charge in [-0.25, -0.2) is 0 Å². The topological polar surface area (TPSA) is 80.3 Å². The molecule has 4 aromatic carbocycles. The van der Waals surface area contributed by atoms with Crippen molar-refractivity contribution in [1.29, 1.82) is 0 Å². The molecule has 0 aromatic heterocycles. The lowest BCUT2D eigenvalue weighted by molar-refractivity contribution is 0.352. The van der Waals surface area contributed by atoms with Gasteiger partial charge in [0.2, 0.25) is 0 Å². The molecule has 0 heterocycles. The summed E-state index contributed by atoms with van der Waals surface area (Å²) in [6, 6.07) is 38.9. The predicted molar refractivity (Wildman–Crippen MR) is 160 cm³/mol. The van der Waals surface area contributed by atoms with Gasteiger partial charge in [0.1, 0.15) is 24.5 Å². The van der Waals surface area contributed by atoms with Crippen LogP contribution in [0.15, 0.2) is 109 Å². The number of hydrogen-bond acceptors (Lipinski definition) is 4. The summed E-state index contributed by atoms with van der Waals surface area (Å²) in [6.45, 7) is 6.29. The van der Waals surface area contributed by atoms with Gasteiger partial charge in [0.25, 0.3) is 0 Å². The Morgan fingerprint density at radius 1 is 0.513 bits per heavy atom. The van der Waals surface area contributed by atoms with Crippen molar-refractivity contribution in [3.8, 4) is 0 Å². The number of quaternary nitrogens is 2. The van der Waals surface area contributed by atoms with Crippen LogP contribution in [0.3, 0.4) is 0 Å². The maximum atomic E-state index is 8.52. The smallest absolute Gasteiger partial charge is 0.132 e. The first-order chi connectivity index (χ1) is 18.2. The predicted octanol–water partition coefficient (Wildman–Crippen LogP) is 6.19. The van der Waals surface area contributed by atoms with Crippen molar-refractivity contribution in [2.24, 2.45) is 0 Å². The molecule has 0 saturated heterocycles. The highest BCUT2D eigenvalue weighted by atomic mass is 32.3. The van der Waals surface area contributed by atoms with E-state index in [4.69, 9.17) is 17.5 Å². The molecule has 0 bridgehead atoms. The normalized spacial score (nSPS) is 11.5. The molecule has 0 aliphatic rings. The van der Waals surface area contributed by atoms with E-state index in [0.717, 1.165) is 22.1 Å². The fourth-order valence-electron chi connectivity index (χ4n) is 4.16. The van der Waals surface area contributed by atoms with E-state index in [2.05, 4.69) is 151 Å². The molecule has 6 nitrogen and oxygen atoms in total. The lowest BCUT2D eigenvalue weighted by atomic mass is 10.1. The monoisotopic (exact) mass is 548 g/mol. The SMILES string of the molecule is Cc1ccc([N+](C)(C)Cc2ccccc2)cc1.Cc1ccc([N+](C)(C)Cc2ccccc2)cc1.O=S(=O)([O-])[O-]. The summed E-state index contributed by atoms with van der Waals surface area (Å²) in [6.07, 6.45) is 0. The Bertz CT molecular complexity index is 1270. The summed E-state index contributed by atoms with van der Waals surface area (Å²) >= 11 is 0. The van der Waals surface area contributed by atoms with E-state index in [-0.39, 0.29) is 0 Å². The Hall–Kier alpha value is -3.33. The summed E-state index contributed by atoms with van der Waals surface area (Å²) in [4.78, 5) is 0. The highest BCUT2D eigenvalue weighted by Crippen LogP contribution is 2.23. The van der Waals surface area contributed by atoms with Crippen molar-refractivity contribution in [3.63, 3.8) is 0 Å². The quantitative estimate of drug-likeness (QED) is 0.164. The highest BCUT2D eigenvalue weighted by Gasteiger charge is 2.20. The van der Waals surface area contributed by atoms with Gasteiger partial charge in [-0.1, -0.05) is 96.1 Å². The Kier molecular flexibility index (Phi) is 11.6. The summed E-state index contributed by atoms with van der Waals surface area (Å²) in [5, 5.41) is 0. The number of benzene rings is 4. The molecule has 0 N–H and O–H groups in total. The molecule has 0 amide bonds. The van der Waals surface area contributed by atoms with E-state index in [1.165, 1.54) is 33.6 Å². The van der Waals surface area contributed by atoms with Crippen molar-refractivity contribution in [3.05, 3.63) is 131 Å². The maximum Gasteiger partial charge on any atom is 0.132 e. The van der Waals surface area contributed by atoms with Gasteiger partial charge in [0, 0.05) is 21.5 Å². The molecule has 208 valence electrons. The number of nitrogens with zero attached hydrogens (tertiary/aromatic N) is 2. The molecule has 4 aromatic rings. The van der Waals surface area contributed by atoms with E-state index in [1.807, 2.05) is 0 Å². The number of rotatable bonds is 6. The maximum absolute atomic E-state index is 8.52. The standard InChI is InChI=1S/2C16H20N.H2O4S/c2*1-14-9-11-16(12-10-14)17(2,3)13-15-7-5-4-6-8-15;1-5(2,3)4/h2*4-12H,13H2,1-3H3;(H2,1,2,3,4)/q2*+1;/p-2. The Morgan fingerprint density at radius 2 is 0.769 bits per heavy atom. The number of aryl methyl sites for hydroxylation is 2. The molecule has 0 aliphatic heterocycles. The van der Waals surface area contributed by atoms with E-state index in [0.29, 0.717) is 0 Å². The van der Waals surface area contributed by atoms with Crippen molar-refractivity contribution in [2.45, 2.75) is 26.9 Å². The number of hydrogen-bond donors (Lipinski definition) is 0. The second-order valence-electron chi connectivity index (χ2n) is 10.7. The molecule has 39 heavy (non-hydrogen) atoms. The molecular formula is C32H40N2O4S. The summed E-state index contributed by atoms with van der Waals surface area (Å²) < 4.78 is 35.8. The molecule has 0 aliphatic carbocycles. The van der Waals surface area contributed by atoms with Crippen molar-refractivity contribution >= 4 is 21.8 Å². The van der Waals surface area contributed by atoms with Crippen LogP contribution in [-0.4, -0.2) is 45.7 Å². The van der Waals surface area contributed by atoms with Crippen molar-refractivity contribution in [2.75, 3.05) is 28.2 Å². The van der Waals surface area contributed by atoms with Gasteiger partial charge in [0.15, 0.2) is 0 Å². The van der Waals surface area contributed by atoms with Crippen LogP contribution in [0.25, 0.3) is 0 Å². The summed E-state index contributed by atoms with van der Waals surface area (Å²) in [5.41, 5.74) is 8.07. The second-order valence-corrected chi connectivity index (χ2v) is 11.6. The summed E-state index contributed by atoms with van der Waals surface area (Å²) in [7, 11) is 3.82. The van der Waals surface area contributed by atoms with Crippen LogP contribution in [0.5, 0.6) is 0 Å². The fraction of sp³-hybridized carbons (Fsp3) is 0.250. The van der Waals surface area contributed by atoms with E-state index >= 15 is 0 Å². The molecule has 0 fully saturated rings. The lowest BCUT2D eigenvalue weighted by Gasteiger charge is -2.29. The minimum atomic E-state index is -5.17. The molecule has 0 atom stereocenters. The fourth-order valence-corrected chi connectivity index (χ4v) is 4.16. The van der Waals surface area contributed by atoms with Crippen molar-refractivity contribution < 1.29 is 17.5 Å². The zero-order chi connectivity index (χ0) is 29.1. The van der Waals surface area contributed by atoms with Crippen LogP contribution in [-0.2, 0) is 23.5 Å². The van der Waals surface area contributed by atoms with E-state index in [1.54, 1.807) is 0 Å². The van der Waals surface area contributed by atoms with Gasteiger partial charge in [0.05, 0.1) is 28.2 Å². The average Bonchev–Trinajstić information content (AvgIpc) is 2.85. The van der Waals surface area contributed by atoms with Gasteiger partial charge in [-0.2, -0.15) is 0 Å². The Labute approximate surface area is 234 Å². The van der Waals surface area contributed by atoms with Gasteiger partial charge >= 0.3 is 0 Å². The second kappa shape index (κ2) is 14.2. The molecule has 7 heteroatoms. The minimum absolute atomic E-state index is 0.879. The molecule has 0 saturated carbocycles. The third-order valence-corrected chi connectivity index (χ3v) is 6.31. The third-order valence-electron chi connectivity index (χ3n) is 6.31. The first kappa shape index (κ1) is 31.9. The van der Waals surface area contributed by atoms with Gasteiger partial charge < -0.3 is 9.11 Å². The lowest BCUT2D eigenvalue weighted by Crippen LogP contribution is -2.39. The van der Waals surface area contributed by atoms with Gasteiger partial charge in [-0.3, -0.25) is 17.4 Å².